The number of aryl methyl sites for hydroxylation is 1. The predicted molar refractivity (Wildman–Crippen MR) is 160 cm³/mol. The molecule has 1 aromatic heterocycles. The van der Waals surface area contributed by atoms with Gasteiger partial charge in [0.15, 0.2) is 6.73 Å². The lowest BCUT2D eigenvalue weighted by Gasteiger charge is -2.37. The van der Waals surface area contributed by atoms with Gasteiger partial charge >= 0.3 is 5.97 Å². The largest absolute Gasteiger partial charge is 0.472 e. The highest BCUT2D eigenvalue weighted by atomic mass is 35.5. The third-order valence-corrected chi connectivity index (χ3v) is 8.33. The molecule has 6 rings (SSSR count). The molecule has 9 nitrogen and oxygen atoms in total. The van der Waals surface area contributed by atoms with E-state index < -0.39 is 17.7 Å². The Morgan fingerprint density at radius 3 is 2.47 bits per heavy atom. The first-order chi connectivity index (χ1) is 20.7. The number of halogens is 3. The molecular formula is C31H27Cl2FN4O5. The molecule has 3 aromatic carbocycles. The van der Waals surface area contributed by atoms with Gasteiger partial charge in [-0.25, -0.2) is 9.18 Å². The van der Waals surface area contributed by atoms with Crippen LogP contribution >= 0.6 is 23.2 Å². The summed E-state index contributed by atoms with van der Waals surface area (Å²) in [6.07, 6.45) is 3.51. The third-order valence-electron chi connectivity index (χ3n) is 7.73. The van der Waals surface area contributed by atoms with Crippen molar-refractivity contribution in [2.24, 2.45) is 7.05 Å². The van der Waals surface area contributed by atoms with Crippen LogP contribution in [0.25, 0.3) is 22.3 Å². The Bertz CT molecular complexity index is 1730. The minimum Gasteiger partial charge on any atom is -0.472 e. The molecule has 0 spiro atoms. The van der Waals surface area contributed by atoms with Gasteiger partial charge in [-0.2, -0.15) is 5.10 Å². The highest BCUT2D eigenvalue weighted by Crippen LogP contribution is 2.41. The number of carbonyl (C=O) groups excluding carboxylic acids is 2. The van der Waals surface area contributed by atoms with Crippen LogP contribution in [0.2, 0.25) is 10.0 Å². The molecule has 0 radical (unpaired) electrons. The molecule has 0 atom stereocenters. The number of fused-ring (bicyclic) bond motifs is 1. The molecular weight excluding hydrogens is 598 g/mol. The fourth-order valence-electron chi connectivity index (χ4n) is 5.27. The van der Waals surface area contributed by atoms with Gasteiger partial charge in [-0.1, -0.05) is 41.4 Å². The fraction of sp³-hybridized carbons (Fsp3) is 0.258. The molecule has 43 heavy (non-hydrogen) atoms. The Morgan fingerprint density at radius 1 is 1.09 bits per heavy atom. The number of para-hydroxylation sites is 1. The maximum absolute atomic E-state index is 15.6. The van der Waals surface area contributed by atoms with Crippen molar-refractivity contribution < 1.29 is 28.2 Å². The van der Waals surface area contributed by atoms with E-state index in [0.717, 1.165) is 11.1 Å². The Hall–Kier alpha value is -4.12. The Morgan fingerprint density at radius 2 is 1.84 bits per heavy atom. The summed E-state index contributed by atoms with van der Waals surface area (Å²) in [5, 5.41) is 4.58. The topological polar surface area (TPSA) is 86.1 Å². The molecule has 222 valence electrons. The van der Waals surface area contributed by atoms with E-state index in [1.54, 1.807) is 48.3 Å². The second-order valence-electron chi connectivity index (χ2n) is 10.4. The predicted octanol–water partition coefficient (Wildman–Crippen LogP) is 5.81. The average Bonchev–Trinajstić information content (AvgIpc) is 3.40. The van der Waals surface area contributed by atoms with Crippen LogP contribution in [0.4, 0.5) is 10.1 Å². The summed E-state index contributed by atoms with van der Waals surface area (Å²) < 4.78 is 33.6. The Labute approximate surface area is 257 Å². The van der Waals surface area contributed by atoms with Crippen LogP contribution in [0, 0.1) is 5.82 Å². The Kier molecular flexibility index (Phi) is 7.76. The lowest BCUT2D eigenvalue weighted by atomic mass is 9.96. The zero-order valence-electron chi connectivity index (χ0n) is 23.6. The average molecular weight is 625 g/mol. The first-order valence-electron chi connectivity index (χ1n) is 13.4. The molecule has 2 aliphatic rings. The summed E-state index contributed by atoms with van der Waals surface area (Å²) in [7, 11) is 4.89. The van der Waals surface area contributed by atoms with Gasteiger partial charge in [0.2, 0.25) is 0 Å². The number of aromatic nitrogens is 2. The number of carbonyl (C=O) groups is 2. The van der Waals surface area contributed by atoms with E-state index in [1.807, 2.05) is 24.2 Å². The molecule has 1 amide bonds. The minimum absolute atomic E-state index is 0.0410. The summed E-state index contributed by atoms with van der Waals surface area (Å²) in [5.74, 6) is -1.20. The van der Waals surface area contributed by atoms with Crippen LogP contribution in [0.15, 0.2) is 54.9 Å². The summed E-state index contributed by atoms with van der Waals surface area (Å²) in [4.78, 5) is 29.5. The molecule has 0 unspecified atom stereocenters. The molecule has 0 aliphatic carbocycles. The second kappa shape index (κ2) is 11.5. The van der Waals surface area contributed by atoms with E-state index in [9.17, 15) is 9.59 Å². The summed E-state index contributed by atoms with van der Waals surface area (Å²) in [6.45, 7) is 1.08. The second-order valence-corrected chi connectivity index (χ2v) is 11.2. The van der Waals surface area contributed by atoms with E-state index in [0.29, 0.717) is 35.8 Å². The number of rotatable bonds is 6. The van der Waals surface area contributed by atoms with Crippen molar-refractivity contribution in [1.29, 1.82) is 0 Å². The number of hydrogen-bond acceptors (Lipinski definition) is 7. The van der Waals surface area contributed by atoms with Crippen LogP contribution in [-0.4, -0.2) is 66.7 Å². The van der Waals surface area contributed by atoms with Crippen molar-refractivity contribution in [3.05, 3.63) is 87.4 Å². The monoisotopic (exact) mass is 624 g/mol. The van der Waals surface area contributed by atoms with E-state index in [-0.39, 0.29) is 46.1 Å². The van der Waals surface area contributed by atoms with Crippen molar-refractivity contribution in [3.8, 4) is 28.0 Å². The normalized spacial score (nSPS) is 14.5. The maximum atomic E-state index is 15.6. The van der Waals surface area contributed by atoms with Gasteiger partial charge in [0.25, 0.3) is 5.91 Å². The zero-order chi connectivity index (χ0) is 30.4. The van der Waals surface area contributed by atoms with E-state index in [1.165, 1.54) is 18.1 Å². The number of anilines is 1. The number of benzene rings is 3. The van der Waals surface area contributed by atoms with E-state index >= 15 is 4.39 Å². The quantitative estimate of drug-likeness (QED) is 0.250. The van der Waals surface area contributed by atoms with Gasteiger partial charge in [-0.05, 0) is 29.8 Å². The smallest absolute Gasteiger partial charge is 0.340 e. The van der Waals surface area contributed by atoms with Crippen molar-refractivity contribution in [2.45, 2.75) is 12.6 Å². The number of hydrogen-bond donors (Lipinski definition) is 0. The number of methoxy groups -OCH3 is 1. The molecule has 3 heterocycles. The van der Waals surface area contributed by atoms with Crippen LogP contribution in [0.3, 0.4) is 0 Å². The van der Waals surface area contributed by atoms with Crippen molar-refractivity contribution >= 4 is 40.8 Å². The molecule has 1 saturated heterocycles. The van der Waals surface area contributed by atoms with Gasteiger partial charge in [-0.15, -0.1) is 0 Å². The molecule has 1 fully saturated rings. The molecule has 0 N–H and O–H groups in total. The highest BCUT2D eigenvalue weighted by Gasteiger charge is 2.31. The lowest BCUT2D eigenvalue weighted by molar-refractivity contribution is 0.0100. The van der Waals surface area contributed by atoms with Crippen molar-refractivity contribution in [1.82, 2.24) is 14.7 Å². The Balaban J connectivity index is 1.31. The minimum atomic E-state index is -0.640. The first-order valence-corrected chi connectivity index (χ1v) is 14.2. The number of esters is 1. The summed E-state index contributed by atoms with van der Waals surface area (Å²) >= 11 is 13.1. The van der Waals surface area contributed by atoms with E-state index in [2.05, 4.69) is 5.10 Å². The van der Waals surface area contributed by atoms with Gasteiger partial charge in [0.05, 0.1) is 66.0 Å². The summed E-state index contributed by atoms with van der Waals surface area (Å²) in [5.41, 5.74) is 3.77. The lowest BCUT2D eigenvalue weighted by Crippen LogP contribution is -2.47. The first kappa shape index (κ1) is 29.0. The van der Waals surface area contributed by atoms with Gasteiger partial charge < -0.3 is 24.0 Å². The van der Waals surface area contributed by atoms with Crippen molar-refractivity contribution in [3.63, 3.8) is 0 Å². The standard InChI is InChI=1S/C31H27Cl2FN4O5/c1-36-12-19(11-35-36)18-7-24(32)28(25(33)8-18)30(39)38-13-17-5-4-6-21(29(17)43-16-38)22-10-27(37(2)20-14-42-15-20)23(9-26(22)34)31(40)41-3/h4-12,20H,13-16H2,1-3H3. The number of likely N-dealkylation sites (N-methyl/N-ethyl adjacent to an activating group) is 1. The molecule has 2 aliphatic heterocycles. The van der Waals surface area contributed by atoms with Gasteiger partial charge in [0, 0.05) is 42.5 Å². The highest BCUT2D eigenvalue weighted by molar-refractivity contribution is 6.40. The van der Waals surface area contributed by atoms with E-state index in [4.69, 9.17) is 37.4 Å². The molecule has 12 heteroatoms. The number of ether oxygens (including phenoxy) is 3. The van der Waals surface area contributed by atoms with Crippen LogP contribution in [0.5, 0.6) is 5.75 Å². The maximum Gasteiger partial charge on any atom is 0.340 e. The molecule has 4 aromatic rings. The fourth-order valence-corrected chi connectivity index (χ4v) is 5.91. The summed E-state index contributed by atoms with van der Waals surface area (Å²) in [6, 6.07) is 11.5. The SMILES string of the molecule is COC(=O)c1cc(F)c(-c2cccc3c2OCN(C(=O)c2c(Cl)cc(-c4cnn(C)c4)cc2Cl)C3)cc1N(C)C1COC1. The van der Waals surface area contributed by atoms with Crippen molar-refractivity contribution in [2.75, 3.05) is 39.0 Å². The van der Waals surface area contributed by atoms with Crippen LogP contribution in [0.1, 0.15) is 26.3 Å². The van der Waals surface area contributed by atoms with Gasteiger partial charge in [-0.3, -0.25) is 9.48 Å². The van der Waals surface area contributed by atoms with Crippen LogP contribution < -0.4 is 9.64 Å². The zero-order valence-corrected chi connectivity index (χ0v) is 25.1. The van der Waals surface area contributed by atoms with Gasteiger partial charge in [0.1, 0.15) is 11.6 Å². The number of nitrogens with zero attached hydrogens (tertiary/aromatic N) is 4. The molecule has 0 bridgehead atoms. The van der Waals surface area contributed by atoms with Crippen LogP contribution in [-0.2, 0) is 23.1 Å². The number of amides is 1. The third kappa shape index (κ3) is 5.30. The molecule has 0 saturated carbocycles.